The van der Waals surface area contributed by atoms with Crippen LogP contribution < -0.4 is 10.5 Å². The molecule has 1 fully saturated rings. The Morgan fingerprint density at radius 1 is 1.44 bits per heavy atom. The Labute approximate surface area is 114 Å². The van der Waals surface area contributed by atoms with Crippen LogP contribution in [0.2, 0.25) is 5.02 Å². The van der Waals surface area contributed by atoms with E-state index in [9.17, 15) is 0 Å². The van der Waals surface area contributed by atoms with Crippen LogP contribution in [0.3, 0.4) is 0 Å². The van der Waals surface area contributed by atoms with Crippen molar-refractivity contribution < 1.29 is 4.74 Å². The second kappa shape index (κ2) is 6.44. The summed E-state index contributed by atoms with van der Waals surface area (Å²) in [4.78, 5) is 0. The monoisotopic (exact) mass is 267 g/mol. The minimum atomic E-state index is 0.211. The summed E-state index contributed by atoms with van der Waals surface area (Å²) in [5.41, 5.74) is 7.12. The first kappa shape index (κ1) is 13.7. The van der Waals surface area contributed by atoms with Gasteiger partial charge in [0.05, 0.1) is 11.6 Å². The third kappa shape index (κ3) is 4.18. The second-order valence-electron chi connectivity index (χ2n) is 5.22. The van der Waals surface area contributed by atoms with Crippen molar-refractivity contribution in [3.63, 3.8) is 0 Å². The molecule has 1 aliphatic carbocycles. The number of ether oxygens (including phenoxy) is 1. The van der Waals surface area contributed by atoms with Gasteiger partial charge in [0.1, 0.15) is 5.75 Å². The Kier molecular flexibility index (Phi) is 4.90. The molecule has 0 heterocycles. The molecule has 18 heavy (non-hydrogen) atoms. The van der Waals surface area contributed by atoms with E-state index in [-0.39, 0.29) is 6.04 Å². The molecule has 100 valence electrons. The predicted molar refractivity (Wildman–Crippen MR) is 76.3 cm³/mol. The van der Waals surface area contributed by atoms with Crippen LogP contribution in [0.4, 0.5) is 0 Å². The van der Waals surface area contributed by atoms with Crippen molar-refractivity contribution >= 4 is 11.6 Å². The molecular weight excluding hydrogens is 246 g/mol. The Balaban J connectivity index is 1.87. The third-order valence-corrected chi connectivity index (χ3v) is 3.79. The van der Waals surface area contributed by atoms with E-state index in [1.165, 1.54) is 18.4 Å². The molecule has 0 aliphatic heterocycles. The van der Waals surface area contributed by atoms with Gasteiger partial charge < -0.3 is 10.5 Å². The number of halogens is 1. The molecule has 2 nitrogen and oxygen atoms in total. The molecule has 1 saturated carbocycles. The molecule has 0 aromatic heterocycles. The van der Waals surface area contributed by atoms with E-state index in [0.29, 0.717) is 5.02 Å². The highest BCUT2D eigenvalue weighted by atomic mass is 35.5. The fourth-order valence-corrected chi connectivity index (χ4v) is 2.24. The summed E-state index contributed by atoms with van der Waals surface area (Å²) in [6.45, 7) is 2.87. The average Bonchev–Trinajstić information content (AvgIpc) is 3.16. The SMILES string of the molecule is CCC(N)Cc1ccc(OCCC2CC2)c(Cl)c1. The van der Waals surface area contributed by atoms with E-state index in [1.54, 1.807) is 0 Å². The molecule has 0 spiro atoms. The highest BCUT2D eigenvalue weighted by Crippen LogP contribution is 2.33. The zero-order chi connectivity index (χ0) is 13.0. The second-order valence-corrected chi connectivity index (χ2v) is 5.62. The quantitative estimate of drug-likeness (QED) is 0.816. The Hall–Kier alpha value is -0.730. The first-order valence-corrected chi connectivity index (χ1v) is 7.23. The number of nitrogens with two attached hydrogens (primary N) is 1. The Bertz CT molecular complexity index is 390. The van der Waals surface area contributed by atoms with Gasteiger partial charge in [0.25, 0.3) is 0 Å². The summed E-state index contributed by atoms with van der Waals surface area (Å²) in [5, 5.41) is 0.701. The van der Waals surface area contributed by atoms with E-state index in [2.05, 4.69) is 13.0 Å². The number of hydrogen-bond donors (Lipinski definition) is 1. The summed E-state index contributed by atoms with van der Waals surface area (Å²) in [7, 11) is 0. The lowest BCUT2D eigenvalue weighted by Crippen LogP contribution is -2.21. The molecule has 1 atom stereocenters. The van der Waals surface area contributed by atoms with Crippen LogP contribution in [0, 0.1) is 5.92 Å². The van der Waals surface area contributed by atoms with Crippen molar-refractivity contribution in [1.29, 1.82) is 0 Å². The Morgan fingerprint density at radius 3 is 2.83 bits per heavy atom. The molecule has 1 unspecified atom stereocenters. The van der Waals surface area contributed by atoms with Crippen LogP contribution in [-0.4, -0.2) is 12.6 Å². The maximum atomic E-state index is 6.22. The summed E-state index contributed by atoms with van der Waals surface area (Å²) in [6.07, 6.45) is 5.74. The molecular formula is C15H22ClNO. The van der Waals surface area contributed by atoms with Crippen LogP contribution in [0.15, 0.2) is 18.2 Å². The van der Waals surface area contributed by atoms with Gasteiger partial charge in [-0.3, -0.25) is 0 Å². The van der Waals surface area contributed by atoms with Crippen molar-refractivity contribution in [1.82, 2.24) is 0 Å². The fraction of sp³-hybridized carbons (Fsp3) is 0.600. The van der Waals surface area contributed by atoms with Crippen LogP contribution in [0.1, 0.15) is 38.2 Å². The summed E-state index contributed by atoms with van der Waals surface area (Å²) in [6, 6.07) is 6.22. The van der Waals surface area contributed by atoms with Gasteiger partial charge in [0, 0.05) is 6.04 Å². The van der Waals surface area contributed by atoms with Crippen LogP contribution in [0.25, 0.3) is 0 Å². The number of benzene rings is 1. The lowest BCUT2D eigenvalue weighted by molar-refractivity contribution is 0.302. The molecule has 0 bridgehead atoms. The largest absolute Gasteiger partial charge is 0.492 e. The molecule has 2 N–H and O–H groups in total. The highest BCUT2D eigenvalue weighted by molar-refractivity contribution is 6.32. The van der Waals surface area contributed by atoms with E-state index < -0.39 is 0 Å². The molecule has 1 aromatic carbocycles. The molecule has 0 amide bonds. The van der Waals surface area contributed by atoms with Gasteiger partial charge in [-0.2, -0.15) is 0 Å². The Morgan fingerprint density at radius 2 is 2.22 bits per heavy atom. The normalized spacial score (nSPS) is 16.6. The first-order chi connectivity index (χ1) is 8.69. The maximum Gasteiger partial charge on any atom is 0.137 e. The summed E-state index contributed by atoms with van der Waals surface area (Å²) < 4.78 is 5.71. The average molecular weight is 268 g/mol. The maximum absolute atomic E-state index is 6.22. The summed E-state index contributed by atoms with van der Waals surface area (Å²) in [5.74, 6) is 1.69. The molecule has 3 heteroatoms. The van der Waals surface area contributed by atoms with Gasteiger partial charge in [-0.15, -0.1) is 0 Å². The molecule has 1 aliphatic rings. The van der Waals surface area contributed by atoms with Crippen LogP contribution >= 0.6 is 11.6 Å². The zero-order valence-corrected chi connectivity index (χ0v) is 11.7. The van der Waals surface area contributed by atoms with E-state index in [4.69, 9.17) is 22.1 Å². The van der Waals surface area contributed by atoms with Gasteiger partial charge in [0.15, 0.2) is 0 Å². The van der Waals surface area contributed by atoms with Crippen molar-refractivity contribution in [2.45, 2.75) is 45.1 Å². The van der Waals surface area contributed by atoms with E-state index in [0.717, 1.165) is 37.5 Å². The van der Waals surface area contributed by atoms with Gasteiger partial charge >= 0.3 is 0 Å². The number of rotatable bonds is 7. The lowest BCUT2D eigenvalue weighted by atomic mass is 10.0. The minimum absolute atomic E-state index is 0.211. The fourth-order valence-electron chi connectivity index (χ4n) is 1.98. The van der Waals surface area contributed by atoms with Gasteiger partial charge in [-0.25, -0.2) is 0 Å². The highest BCUT2D eigenvalue weighted by Gasteiger charge is 2.20. The zero-order valence-electron chi connectivity index (χ0n) is 11.0. The minimum Gasteiger partial charge on any atom is -0.492 e. The predicted octanol–water partition coefficient (Wildman–Crippen LogP) is 3.80. The lowest BCUT2D eigenvalue weighted by Gasteiger charge is -2.11. The third-order valence-electron chi connectivity index (χ3n) is 3.50. The van der Waals surface area contributed by atoms with Crippen LogP contribution in [0.5, 0.6) is 5.75 Å². The summed E-state index contributed by atoms with van der Waals surface area (Å²) >= 11 is 6.22. The standard InChI is InChI=1S/C15H22ClNO/c1-2-13(17)9-12-5-6-15(14(16)10-12)18-8-7-11-3-4-11/h5-6,10-11,13H,2-4,7-9,17H2,1H3. The van der Waals surface area contributed by atoms with E-state index in [1.807, 2.05) is 12.1 Å². The van der Waals surface area contributed by atoms with Gasteiger partial charge in [-0.1, -0.05) is 37.4 Å². The van der Waals surface area contributed by atoms with Crippen molar-refractivity contribution in [3.05, 3.63) is 28.8 Å². The molecule has 0 saturated heterocycles. The molecule has 1 aromatic rings. The molecule has 2 rings (SSSR count). The number of hydrogen-bond acceptors (Lipinski definition) is 2. The first-order valence-electron chi connectivity index (χ1n) is 6.86. The molecule has 0 radical (unpaired) electrons. The van der Waals surface area contributed by atoms with Gasteiger partial charge in [0.2, 0.25) is 0 Å². The van der Waals surface area contributed by atoms with Crippen molar-refractivity contribution in [3.8, 4) is 5.75 Å². The van der Waals surface area contributed by atoms with Crippen molar-refractivity contribution in [2.75, 3.05) is 6.61 Å². The van der Waals surface area contributed by atoms with Crippen molar-refractivity contribution in [2.24, 2.45) is 11.7 Å². The smallest absolute Gasteiger partial charge is 0.137 e. The van der Waals surface area contributed by atoms with E-state index >= 15 is 0 Å². The van der Waals surface area contributed by atoms with Gasteiger partial charge in [-0.05, 0) is 42.9 Å². The topological polar surface area (TPSA) is 35.2 Å². The van der Waals surface area contributed by atoms with Crippen LogP contribution in [-0.2, 0) is 6.42 Å².